The standard InChI is InChI=1S/C18H30N4O2/c1-5-19-18(22-13-17(23)20-10-11-24-4)21-12-15(3)16-8-6-14(2)7-9-16/h6-9,15H,5,10-13H2,1-4H3,(H,20,23)(H2,19,21,22). The van der Waals surface area contributed by atoms with E-state index in [2.05, 4.69) is 59.1 Å². The van der Waals surface area contributed by atoms with Crippen LogP contribution < -0.4 is 16.0 Å². The first kappa shape index (κ1) is 20.0. The SMILES string of the molecule is CCNC(=NCC(=O)NCCOC)NCC(C)c1ccc(C)cc1. The monoisotopic (exact) mass is 334 g/mol. The molecule has 0 bridgehead atoms. The van der Waals surface area contributed by atoms with Crippen LogP contribution in [-0.4, -0.2) is 51.8 Å². The molecule has 24 heavy (non-hydrogen) atoms. The summed E-state index contributed by atoms with van der Waals surface area (Å²) < 4.78 is 4.90. The van der Waals surface area contributed by atoms with E-state index in [0.717, 1.165) is 13.1 Å². The number of benzene rings is 1. The number of aliphatic imine (C=N–C) groups is 1. The van der Waals surface area contributed by atoms with E-state index in [4.69, 9.17) is 4.74 Å². The van der Waals surface area contributed by atoms with Crippen molar-refractivity contribution in [3.8, 4) is 0 Å². The van der Waals surface area contributed by atoms with E-state index in [1.807, 2.05) is 6.92 Å². The predicted molar refractivity (Wildman–Crippen MR) is 98.5 cm³/mol. The van der Waals surface area contributed by atoms with Gasteiger partial charge in [0.15, 0.2) is 5.96 Å². The third-order valence-corrected chi connectivity index (χ3v) is 3.58. The Labute approximate surface area is 145 Å². The molecule has 0 radical (unpaired) electrons. The van der Waals surface area contributed by atoms with Crippen molar-refractivity contribution in [2.75, 3.05) is 39.9 Å². The molecule has 0 saturated heterocycles. The molecule has 0 aliphatic carbocycles. The number of nitrogens with one attached hydrogen (secondary N) is 3. The van der Waals surface area contributed by atoms with Gasteiger partial charge >= 0.3 is 0 Å². The van der Waals surface area contributed by atoms with Crippen LogP contribution in [0.5, 0.6) is 0 Å². The molecular formula is C18H30N4O2. The van der Waals surface area contributed by atoms with Crippen molar-refractivity contribution in [2.24, 2.45) is 4.99 Å². The highest BCUT2D eigenvalue weighted by molar-refractivity contribution is 5.84. The molecule has 1 atom stereocenters. The van der Waals surface area contributed by atoms with Crippen molar-refractivity contribution in [1.29, 1.82) is 0 Å². The summed E-state index contributed by atoms with van der Waals surface area (Å²) in [5, 5.41) is 9.20. The minimum atomic E-state index is -0.115. The highest BCUT2D eigenvalue weighted by Crippen LogP contribution is 2.14. The molecule has 6 heteroatoms. The number of ether oxygens (including phenoxy) is 1. The zero-order valence-corrected chi connectivity index (χ0v) is 15.2. The Hall–Kier alpha value is -2.08. The zero-order chi connectivity index (χ0) is 17.8. The molecule has 0 heterocycles. The molecule has 6 nitrogen and oxygen atoms in total. The summed E-state index contributed by atoms with van der Waals surface area (Å²) in [6.07, 6.45) is 0. The fourth-order valence-corrected chi connectivity index (χ4v) is 2.10. The molecule has 0 saturated carbocycles. The molecule has 0 aliphatic rings. The number of guanidine groups is 1. The van der Waals surface area contributed by atoms with Gasteiger partial charge in [0.1, 0.15) is 6.54 Å². The van der Waals surface area contributed by atoms with Gasteiger partial charge in [0.05, 0.1) is 6.61 Å². The van der Waals surface area contributed by atoms with Crippen molar-refractivity contribution >= 4 is 11.9 Å². The number of rotatable bonds is 9. The summed E-state index contributed by atoms with van der Waals surface area (Å²) >= 11 is 0. The fourth-order valence-electron chi connectivity index (χ4n) is 2.10. The third kappa shape index (κ3) is 7.97. The Bertz CT molecular complexity index is 514. The summed E-state index contributed by atoms with van der Waals surface area (Å²) in [6, 6.07) is 8.54. The van der Waals surface area contributed by atoms with Crippen molar-refractivity contribution in [3.63, 3.8) is 0 Å². The van der Waals surface area contributed by atoms with Gasteiger partial charge in [-0.2, -0.15) is 0 Å². The van der Waals surface area contributed by atoms with Gasteiger partial charge in [0.2, 0.25) is 5.91 Å². The highest BCUT2D eigenvalue weighted by Gasteiger charge is 2.07. The van der Waals surface area contributed by atoms with Gasteiger partial charge in [0, 0.05) is 26.7 Å². The average Bonchev–Trinajstić information content (AvgIpc) is 2.58. The number of hydrogen-bond acceptors (Lipinski definition) is 3. The van der Waals surface area contributed by atoms with Crippen LogP contribution in [0.4, 0.5) is 0 Å². The zero-order valence-electron chi connectivity index (χ0n) is 15.2. The second-order valence-corrected chi connectivity index (χ2v) is 5.73. The smallest absolute Gasteiger partial charge is 0.241 e. The molecule has 0 fully saturated rings. The van der Waals surface area contributed by atoms with Crippen molar-refractivity contribution in [2.45, 2.75) is 26.7 Å². The van der Waals surface area contributed by atoms with Gasteiger partial charge in [-0.1, -0.05) is 36.8 Å². The molecule has 1 aromatic rings. The number of hydrogen-bond donors (Lipinski definition) is 3. The predicted octanol–water partition coefficient (Wildman–Crippen LogP) is 1.42. The van der Waals surface area contributed by atoms with Crippen molar-refractivity contribution < 1.29 is 9.53 Å². The van der Waals surface area contributed by atoms with Crippen LogP contribution in [-0.2, 0) is 9.53 Å². The molecule has 1 aromatic carbocycles. The van der Waals surface area contributed by atoms with Gasteiger partial charge in [-0.15, -0.1) is 0 Å². The Morgan fingerprint density at radius 1 is 1.21 bits per heavy atom. The van der Waals surface area contributed by atoms with Crippen LogP contribution >= 0.6 is 0 Å². The fraction of sp³-hybridized carbons (Fsp3) is 0.556. The quantitative estimate of drug-likeness (QED) is 0.363. The number of amides is 1. The lowest BCUT2D eigenvalue weighted by atomic mass is 10.0. The first-order valence-corrected chi connectivity index (χ1v) is 8.41. The number of carbonyl (C=O) groups is 1. The van der Waals surface area contributed by atoms with E-state index in [1.165, 1.54) is 11.1 Å². The Balaban J connectivity index is 2.47. The second kappa shape index (κ2) is 11.5. The molecule has 1 unspecified atom stereocenters. The molecule has 1 rings (SSSR count). The first-order valence-electron chi connectivity index (χ1n) is 8.41. The largest absolute Gasteiger partial charge is 0.383 e. The van der Waals surface area contributed by atoms with Crippen LogP contribution in [0.2, 0.25) is 0 Å². The lowest BCUT2D eigenvalue weighted by Gasteiger charge is -2.16. The summed E-state index contributed by atoms with van der Waals surface area (Å²) in [6.45, 7) is 8.84. The summed E-state index contributed by atoms with van der Waals surface area (Å²) in [4.78, 5) is 16.0. The Kier molecular flexibility index (Phi) is 9.53. The maximum absolute atomic E-state index is 11.7. The lowest BCUT2D eigenvalue weighted by Crippen LogP contribution is -2.40. The number of aryl methyl sites for hydroxylation is 1. The number of methoxy groups -OCH3 is 1. The van der Waals surface area contributed by atoms with Gasteiger partial charge in [-0.05, 0) is 25.3 Å². The van der Waals surface area contributed by atoms with E-state index in [9.17, 15) is 4.79 Å². The highest BCUT2D eigenvalue weighted by atomic mass is 16.5. The maximum atomic E-state index is 11.7. The van der Waals surface area contributed by atoms with E-state index in [0.29, 0.717) is 25.0 Å². The van der Waals surface area contributed by atoms with E-state index < -0.39 is 0 Å². The Morgan fingerprint density at radius 2 is 1.92 bits per heavy atom. The number of carbonyl (C=O) groups excluding carboxylic acids is 1. The van der Waals surface area contributed by atoms with Crippen molar-refractivity contribution in [1.82, 2.24) is 16.0 Å². The lowest BCUT2D eigenvalue weighted by molar-refractivity contribution is -0.119. The normalized spacial score (nSPS) is 12.6. The summed E-state index contributed by atoms with van der Waals surface area (Å²) in [5.41, 5.74) is 2.54. The van der Waals surface area contributed by atoms with E-state index >= 15 is 0 Å². The first-order chi connectivity index (χ1) is 11.6. The van der Waals surface area contributed by atoms with Crippen molar-refractivity contribution in [3.05, 3.63) is 35.4 Å². The molecule has 0 aromatic heterocycles. The third-order valence-electron chi connectivity index (χ3n) is 3.58. The molecule has 1 amide bonds. The van der Waals surface area contributed by atoms with Gasteiger partial charge in [-0.25, -0.2) is 4.99 Å². The van der Waals surface area contributed by atoms with Crippen LogP contribution in [0.15, 0.2) is 29.3 Å². The number of nitrogens with zero attached hydrogens (tertiary/aromatic N) is 1. The topological polar surface area (TPSA) is 74.8 Å². The van der Waals surface area contributed by atoms with Crippen LogP contribution in [0.25, 0.3) is 0 Å². The van der Waals surface area contributed by atoms with Crippen LogP contribution in [0.3, 0.4) is 0 Å². The molecular weight excluding hydrogens is 304 g/mol. The molecule has 3 N–H and O–H groups in total. The summed E-state index contributed by atoms with van der Waals surface area (Å²) in [7, 11) is 1.60. The van der Waals surface area contributed by atoms with Gasteiger partial charge in [0.25, 0.3) is 0 Å². The average molecular weight is 334 g/mol. The maximum Gasteiger partial charge on any atom is 0.241 e. The van der Waals surface area contributed by atoms with Crippen LogP contribution in [0.1, 0.15) is 30.9 Å². The molecule has 0 spiro atoms. The summed E-state index contributed by atoms with van der Waals surface area (Å²) in [5.74, 6) is 0.888. The van der Waals surface area contributed by atoms with Crippen LogP contribution in [0, 0.1) is 6.92 Å². The second-order valence-electron chi connectivity index (χ2n) is 5.73. The van der Waals surface area contributed by atoms with E-state index in [-0.39, 0.29) is 12.5 Å². The minimum Gasteiger partial charge on any atom is -0.383 e. The Morgan fingerprint density at radius 3 is 2.54 bits per heavy atom. The molecule has 0 aliphatic heterocycles. The van der Waals surface area contributed by atoms with Gasteiger partial charge < -0.3 is 20.7 Å². The molecule has 134 valence electrons. The van der Waals surface area contributed by atoms with E-state index in [1.54, 1.807) is 7.11 Å². The minimum absolute atomic E-state index is 0.0952. The van der Waals surface area contributed by atoms with Gasteiger partial charge in [-0.3, -0.25) is 4.79 Å².